The molecule has 1 N–H and O–H groups in total. The molecule has 1 unspecified atom stereocenters. The Morgan fingerprint density at radius 2 is 1.80 bits per heavy atom. The Morgan fingerprint density at radius 3 is 2.49 bits per heavy atom. The second kappa shape index (κ2) is 10.6. The molecule has 11 heteroatoms. The highest BCUT2D eigenvalue weighted by molar-refractivity contribution is 7.89. The Morgan fingerprint density at radius 1 is 1.10 bits per heavy atom. The second-order valence-corrected chi connectivity index (χ2v) is 14.0. The smallest absolute Gasteiger partial charge is 0.410 e. The fraction of sp³-hybridized carbons (Fsp3) is 0.533. The molecule has 3 fully saturated rings. The van der Waals surface area contributed by atoms with Gasteiger partial charge in [0.15, 0.2) is 0 Å². The van der Waals surface area contributed by atoms with Gasteiger partial charge in [-0.3, -0.25) is 9.58 Å². The molecule has 1 aromatic heterocycles. The summed E-state index contributed by atoms with van der Waals surface area (Å²) in [7, 11) is -1.60. The molecular weight excluding hydrogens is 540 g/mol. The average Bonchev–Trinajstić information content (AvgIpc) is 3.30. The SMILES string of the molecule is C[C@H]1CN(c2cc(S(=O)(=O)NC3(C)CC3)cc3c2cnn3C2CCN(C(=O)OCc3ccccc3)C2)C[C@H](C)N1C. The van der Waals surface area contributed by atoms with Crippen molar-refractivity contribution < 1.29 is 17.9 Å². The number of piperazine rings is 1. The molecule has 3 heterocycles. The molecule has 0 radical (unpaired) electrons. The van der Waals surface area contributed by atoms with Crippen LogP contribution in [0.15, 0.2) is 53.6 Å². The van der Waals surface area contributed by atoms with Crippen LogP contribution in [0.5, 0.6) is 0 Å². The topological polar surface area (TPSA) is 100 Å². The second-order valence-electron chi connectivity index (χ2n) is 12.3. The first-order valence-corrected chi connectivity index (χ1v) is 16.0. The highest BCUT2D eigenvalue weighted by Crippen LogP contribution is 2.39. The number of benzene rings is 2. The largest absolute Gasteiger partial charge is 0.445 e. The van der Waals surface area contributed by atoms with Gasteiger partial charge in [-0.1, -0.05) is 30.3 Å². The van der Waals surface area contributed by atoms with Crippen molar-refractivity contribution >= 4 is 32.7 Å². The fourth-order valence-corrected chi connectivity index (χ4v) is 7.51. The minimum absolute atomic E-state index is 0.0816. The number of hydrogen-bond donors (Lipinski definition) is 1. The van der Waals surface area contributed by atoms with E-state index in [0.717, 1.165) is 48.1 Å². The molecule has 3 aromatic rings. The zero-order valence-electron chi connectivity index (χ0n) is 24.3. The number of likely N-dealkylation sites (N-methyl/N-ethyl adjacent to an activating group) is 1. The number of carbonyl (C=O) groups excluding carboxylic acids is 1. The molecule has 1 amide bonds. The first-order chi connectivity index (χ1) is 19.5. The van der Waals surface area contributed by atoms with Crippen LogP contribution in [0.3, 0.4) is 0 Å². The van der Waals surface area contributed by atoms with Crippen molar-refractivity contribution in [3.8, 4) is 0 Å². The standard InChI is InChI=1S/C30H40N6O4S/c1-21-17-35(18-22(2)33(21)4)27-14-25(41(38,39)32-30(3)11-12-30)15-28-26(27)16-31-36(28)24-10-13-34(19-24)29(37)40-20-23-8-6-5-7-9-23/h5-9,14-16,21-22,24,32H,10-13,17-20H2,1-4H3/t21-,22-,24?/m0/s1. The molecular formula is C30H40N6O4S. The third-order valence-corrected chi connectivity index (χ3v) is 10.6. The van der Waals surface area contributed by atoms with Crippen LogP contribution >= 0.6 is 0 Å². The summed E-state index contributed by atoms with van der Waals surface area (Å²) in [5, 5.41) is 5.70. The Balaban J connectivity index is 1.30. The molecule has 1 aliphatic carbocycles. The number of sulfonamides is 1. The van der Waals surface area contributed by atoms with E-state index in [1.165, 1.54) is 0 Å². The van der Waals surface area contributed by atoms with E-state index in [1.807, 2.05) is 54.2 Å². The van der Waals surface area contributed by atoms with Crippen molar-refractivity contribution in [3.05, 3.63) is 54.2 Å². The van der Waals surface area contributed by atoms with Gasteiger partial charge in [0.2, 0.25) is 10.0 Å². The molecule has 1 saturated carbocycles. The summed E-state index contributed by atoms with van der Waals surface area (Å²) in [6, 6.07) is 13.8. The lowest BCUT2D eigenvalue weighted by Crippen LogP contribution is -2.55. The highest BCUT2D eigenvalue weighted by atomic mass is 32.2. The van der Waals surface area contributed by atoms with Gasteiger partial charge in [-0.05, 0) is 64.8 Å². The third kappa shape index (κ3) is 5.67. The van der Waals surface area contributed by atoms with E-state index in [1.54, 1.807) is 11.0 Å². The zero-order chi connectivity index (χ0) is 28.9. The van der Waals surface area contributed by atoms with E-state index in [0.29, 0.717) is 31.6 Å². The summed E-state index contributed by atoms with van der Waals surface area (Å²) < 4.78 is 37.6. The van der Waals surface area contributed by atoms with Crippen LogP contribution in [-0.2, 0) is 21.4 Å². The molecule has 0 spiro atoms. The van der Waals surface area contributed by atoms with Gasteiger partial charge in [0.25, 0.3) is 0 Å². The van der Waals surface area contributed by atoms with Gasteiger partial charge in [0.05, 0.1) is 22.7 Å². The van der Waals surface area contributed by atoms with Crippen LogP contribution in [0.1, 0.15) is 51.6 Å². The predicted molar refractivity (Wildman–Crippen MR) is 158 cm³/mol. The van der Waals surface area contributed by atoms with Gasteiger partial charge in [-0.15, -0.1) is 0 Å². The van der Waals surface area contributed by atoms with Crippen molar-refractivity contribution in [1.29, 1.82) is 0 Å². The number of amides is 1. The highest BCUT2D eigenvalue weighted by Gasteiger charge is 2.42. The molecule has 6 rings (SSSR count). The van der Waals surface area contributed by atoms with Crippen molar-refractivity contribution in [2.75, 3.05) is 38.1 Å². The van der Waals surface area contributed by atoms with Gasteiger partial charge >= 0.3 is 6.09 Å². The molecule has 2 aliphatic heterocycles. The van der Waals surface area contributed by atoms with Crippen molar-refractivity contribution in [3.63, 3.8) is 0 Å². The van der Waals surface area contributed by atoms with Crippen LogP contribution < -0.4 is 9.62 Å². The molecule has 3 aliphatic rings. The third-order valence-electron chi connectivity index (χ3n) is 9.03. The molecule has 10 nitrogen and oxygen atoms in total. The number of aromatic nitrogens is 2. The number of fused-ring (bicyclic) bond motifs is 1. The Hall–Kier alpha value is -3.15. The van der Waals surface area contributed by atoms with Gasteiger partial charge in [-0.2, -0.15) is 5.10 Å². The summed E-state index contributed by atoms with van der Waals surface area (Å²) in [5.41, 5.74) is 2.22. The van der Waals surface area contributed by atoms with E-state index in [-0.39, 0.29) is 29.2 Å². The molecule has 3 atom stereocenters. The van der Waals surface area contributed by atoms with Crippen molar-refractivity contribution in [2.24, 2.45) is 0 Å². The number of carbonyl (C=O) groups is 1. The molecule has 220 valence electrons. The van der Waals surface area contributed by atoms with E-state index in [2.05, 4.69) is 35.4 Å². The predicted octanol–water partition coefficient (Wildman–Crippen LogP) is 3.98. The maximum absolute atomic E-state index is 13.6. The van der Waals surface area contributed by atoms with Crippen molar-refractivity contribution in [1.82, 2.24) is 24.3 Å². The first kappa shape index (κ1) is 28.0. The first-order valence-electron chi connectivity index (χ1n) is 14.5. The molecule has 2 aromatic carbocycles. The van der Waals surface area contributed by atoms with E-state index < -0.39 is 10.0 Å². The molecule has 2 saturated heterocycles. The molecule has 0 bridgehead atoms. The lowest BCUT2D eigenvalue weighted by atomic mass is 10.1. The minimum atomic E-state index is -3.73. The number of rotatable bonds is 7. The normalized spacial score (nSPS) is 24.6. The van der Waals surface area contributed by atoms with Gasteiger partial charge in [-0.25, -0.2) is 17.9 Å². The van der Waals surface area contributed by atoms with Crippen LogP contribution in [0.25, 0.3) is 10.9 Å². The van der Waals surface area contributed by atoms with Gasteiger partial charge in [0.1, 0.15) is 6.61 Å². The van der Waals surface area contributed by atoms with E-state index in [9.17, 15) is 13.2 Å². The number of likely N-dealkylation sites (tertiary alicyclic amines) is 1. The average molecular weight is 581 g/mol. The Bertz CT molecular complexity index is 1530. The molecule has 41 heavy (non-hydrogen) atoms. The lowest BCUT2D eigenvalue weighted by Gasteiger charge is -2.43. The number of anilines is 1. The summed E-state index contributed by atoms with van der Waals surface area (Å²) in [5.74, 6) is 0. The summed E-state index contributed by atoms with van der Waals surface area (Å²) in [4.78, 5) is 19.5. The minimum Gasteiger partial charge on any atom is -0.445 e. The summed E-state index contributed by atoms with van der Waals surface area (Å²) >= 11 is 0. The number of ether oxygens (including phenoxy) is 1. The maximum atomic E-state index is 13.6. The van der Waals surface area contributed by atoms with Crippen LogP contribution in [0.4, 0.5) is 10.5 Å². The Labute approximate surface area is 242 Å². The monoisotopic (exact) mass is 580 g/mol. The number of nitrogens with zero attached hydrogens (tertiary/aromatic N) is 5. The zero-order valence-corrected chi connectivity index (χ0v) is 25.1. The summed E-state index contributed by atoms with van der Waals surface area (Å²) in [6.07, 6.45) is 3.89. The van der Waals surface area contributed by atoms with E-state index >= 15 is 0 Å². The van der Waals surface area contributed by atoms with Crippen molar-refractivity contribution in [2.45, 2.75) is 75.2 Å². The summed E-state index contributed by atoms with van der Waals surface area (Å²) in [6.45, 7) is 9.16. The Kier molecular flexibility index (Phi) is 7.24. The van der Waals surface area contributed by atoms with Crippen LogP contribution in [0, 0.1) is 0 Å². The van der Waals surface area contributed by atoms with Gasteiger partial charge < -0.3 is 14.5 Å². The fourth-order valence-electron chi connectivity index (χ4n) is 6.00. The number of hydrogen-bond acceptors (Lipinski definition) is 7. The number of nitrogens with one attached hydrogen (secondary N) is 1. The van der Waals surface area contributed by atoms with Crippen LogP contribution in [0.2, 0.25) is 0 Å². The quantitative estimate of drug-likeness (QED) is 0.451. The van der Waals surface area contributed by atoms with Crippen LogP contribution in [-0.4, -0.2) is 84.9 Å². The van der Waals surface area contributed by atoms with E-state index in [4.69, 9.17) is 9.84 Å². The lowest BCUT2D eigenvalue weighted by molar-refractivity contribution is 0.103. The maximum Gasteiger partial charge on any atom is 0.410 e. The van der Waals surface area contributed by atoms with Gasteiger partial charge in [0, 0.05) is 54.9 Å².